The van der Waals surface area contributed by atoms with E-state index in [9.17, 15) is 31.1 Å². The molecule has 33 heavy (non-hydrogen) atoms. The quantitative estimate of drug-likeness (QED) is 0.349. The number of nitrogens with one attached hydrogen (secondary N) is 2. The van der Waals surface area contributed by atoms with Crippen LogP contribution in [0.25, 0.3) is 5.65 Å². The van der Waals surface area contributed by atoms with E-state index in [-0.39, 0.29) is 17.7 Å². The van der Waals surface area contributed by atoms with Crippen molar-refractivity contribution in [3.05, 3.63) is 41.9 Å². The molecule has 1 aliphatic rings. The number of anilines is 1. The van der Waals surface area contributed by atoms with E-state index >= 15 is 0 Å². The van der Waals surface area contributed by atoms with Gasteiger partial charge in [0.05, 0.1) is 5.57 Å². The number of carbonyl (C=O) groups excluding carboxylic acids is 1. The first-order valence-electron chi connectivity index (χ1n) is 10.0. The fourth-order valence-corrected chi connectivity index (χ4v) is 3.78. The second kappa shape index (κ2) is 9.32. The van der Waals surface area contributed by atoms with Gasteiger partial charge >= 0.3 is 12.4 Å². The van der Waals surface area contributed by atoms with E-state index < -0.39 is 35.2 Å². The van der Waals surface area contributed by atoms with Crippen LogP contribution >= 0.6 is 0 Å². The Bertz CT molecular complexity index is 1060. The fourth-order valence-electron chi connectivity index (χ4n) is 3.78. The van der Waals surface area contributed by atoms with Crippen molar-refractivity contribution in [2.45, 2.75) is 50.1 Å². The van der Waals surface area contributed by atoms with Gasteiger partial charge in [0.2, 0.25) is 0 Å². The largest absolute Gasteiger partial charge is 0.434 e. The maximum atomic E-state index is 13.0. The highest BCUT2D eigenvalue weighted by Gasteiger charge is 2.40. The van der Waals surface area contributed by atoms with Gasteiger partial charge in [-0.1, -0.05) is 6.07 Å². The molecule has 1 saturated carbocycles. The zero-order valence-corrected chi connectivity index (χ0v) is 17.5. The molecule has 3 rings (SSSR count). The van der Waals surface area contributed by atoms with E-state index in [1.807, 2.05) is 0 Å². The topological polar surface area (TPSA) is 96.8 Å². The first kappa shape index (κ1) is 24.4. The van der Waals surface area contributed by atoms with Gasteiger partial charge in [0.15, 0.2) is 11.4 Å². The monoisotopic (exact) mass is 476 g/mol. The number of amides is 1. The Morgan fingerprint density at radius 1 is 1.15 bits per heavy atom. The van der Waals surface area contributed by atoms with Gasteiger partial charge in [-0.05, 0) is 37.8 Å². The van der Waals surface area contributed by atoms with Crippen molar-refractivity contribution in [1.29, 1.82) is 0 Å². The van der Waals surface area contributed by atoms with E-state index in [0.717, 1.165) is 13.2 Å². The standard InChI is InChI=1S/C20H22F6N6O/c1-28-17(20(24,25)26)13(9-27)18(33)30-12-7-5-11(6-8-12)29-15-3-2-4-16-31-14(10-32(15)16)19(21,22)23/h2-4,9-12,29H,5-8,27H2,1H3,(H,30,33)/b13-9+,28-17?. The number of halogens is 6. The molecule has 0 unspecified atom stereocenters. The van der Waals surface area contributed by atoms with Gasteiger partial charge in [-0.15, -0.1) is 0 Å². The molecule has 1 amide bonds. The molecule has 0 radical (unpaired) electrons. The Balaban J connectivity index is 1.62. The maximum absolute atomic E-state index is 13.0. The molecule has 1 fully saturated rings. The van der Waals surface area contributed by atoms with Crippen molar-refractivity contribution >= 4 is 23.1 Å². The second-order valence-electron chi connectivity index (χ2n) is 7.58. The molecule has 0 aliphatic heterocycles. The van der Waals surface area contributed by atoms with Crippen molar-refractivity contribution in [2.75, 3.05) is 12.4 Å². The van der Waals surface area contributed by atoms with Crippen LogP contribution in [0.5, 0.6) is 0 Å². The molecular weight excluding hydrogens is 454 g/mol. The van der Waals surface area contributed by atoms with Crippen LogP contribution < -0.4 is 16.4 Å². The number of rotatable bonds is 5. The fraction of sp³-hybridized carbons (Fsp3) is 0.450. The molecule has 0 spiro atoms. The van der Waals surface area contributed by atoms with Crippen LogP contribution in [0.15, 0.2) is 41.2 Å². The summed E-state index contributed by atoms with van der Waals surface area (Å²) in [4.78, 5) is 19.1. The highest BCUT2D eigenvalue weighted by Crippen LogP contribution is 2.30. The maximum Gasteiger partial charge on any atom is 0.434 e. The molecule has 0 saturated heterocycles. The van der Waals surface area contributed by atoms with Gasteiger partial charge in [0.25, 0.3) is 5.91 Å². The number of hydrogen-bond acceptors (Lipinski definition) is 5. The first-order valence-corrected chi connectivity index (χ1v) is 10.0. The van der Waals surface area contributed by atoms with E-state index in [1.54, 1.807) is 12.1 Å². The molecule has 180 valence electrons. The lowest BCUT2D eigenvalue weighted by Gasteiger charge is -2.30. The van der Waals surface area contributed by atoms with Gasteiger partial charge in [-0.2, -0.15) is 26.3 Å². The van der Waals surface area contributed by atoms with Crippen molar-refractivity contribution in [2.24, 2.45) is 10.7 Å². The van der Waals surface area contributed by atoms with Crippen LogP contribution in [0.2, 0.25) is 0 Å². The summed E-state index contributed by atoms with van der Waals surface area (Å²) in [6.45, 7) is 0. The SMILES string of the molecule is CN=C(/C(=C\N)C(=O)NC1CCC(Nc2cccc3nc(C(F)(F)F)cn23)CC1)C(F)(F)F. The summed E-state index contributed by atoms with van der Waals surface area (Å²) in [6, 6.07) is 4.20. The Morgan fingerprint density at radius 2 is 1.79 bits per heavy atom. The van der Waals surface area contributed by atoms with Gasteiger partial charge in [-0.25, -0.2) is 4.98 Å². The molecule has 4 N–H and O–H groups in total. The summed E-state index contributed by atoms with van der Waals surface area (Å²) in [7, 11) is 0.926. The predicted molar refractivity (Wildman–Crippen MR) is 110 cm³/mol. The average molecular weight is 476 g/mol. The number of hydrogen-bond donors (Lipinski definition) is 3. The van der Waals surface area contributed by atoms with Crippen LogP contribution in [-0.4, -0.2) is 46.3 Å². The average Bonchev–Trinajstić information content (AvgIpc) is 3.18. The van der Waals surface area contributed by atoms with Crippen LogP contribution in [0.3, 0.4) is 0 Å². The number of carbonyl (C=O) groups is 1. The summed E-state index contributed by atoms with van der Waals surface area (Å²) in [5, 5.41) is 5.74. The highest BCUT2D eigenvalue weighted by atomic mass is 19.4. The Labute approximate surface area is 184 Å². The van der Waals surface area contributed by atoms with Crippen molar-refractivity contribution in [3.63, 3.8) is 0 Å². The first-order chi connectivity index (χ1) is 15.4. The third kappa shape index (κ3) is 5.57. The Hall–Kier alpha value is -3.25. The summed E-state index contributed by atoms with van der Waals surface area (Å²) in [5.41, 5.74) is 2.28. The minimum atomic E-state index is -4.82. The zero-order chi connectivity index (χ0) is 24.4. The third-order valence-corrected chi connectivity index (χ3v) is 5.36. The number of imidazole rings is 1. The molecule has 2 aromatic heterocycles. The van der Waals surface area contributed by atoms with Gasteiger partial charge in [-0.3, -0.25) is 14.2 Å². The highest BCUT2D eigenvalue weighted by molar-refractivity contribution is 6.23. The smallest absolute Gasteiger partial charge is 0.404 e. The number of aliphatic imine (C=N–C) groups is 1. The minimum Gasteiger partial charge on any atom is -0.404 e. The summed E-state index contributed by atoms with van der Waals surface area (Å²) < 4.78 is 79.4. The minimum absolute atomic E-state index is 0.104. The Morgan fingerprint density at radius 3 is 2.33 bits per heavy atom. The molecular formula is C20H22F6N6O. The molecule has 1 aliphatic carbocycles. The Kier molecular flexibility index (Phi) is 6.89. The lowest BCUT2D eigenvalue weighted by atomic mass is 9.91. The van der Waals surface area contributed by atoms with E-state index in [2.05, 4.69) is 20.6 Å². The lowest BCUT2D eigenvalue weighted by Crippen LogP contribution is -2.43. The van der Waals surface area contributed by atoms with Crippen molar-refractivity contribution in [3.8, 4) is 0 Å². The van der Waals surface area contributed by atoms with Gasteiger partial charge in [0, 0.05) is 31.5 Å². The van der Waals surface area contributed by atoms with E-state index in [1.165, 1.54) is 10.5 Å². The van der Waals surface area contributed by atoms with Crippen LogP contribution in [0.1, 0.15) is 31.4 Å². The molecule has 2 aromatic rings. The molecule has 0 atom stereocenters. The molecule has 7 nitrogen and oxygen atoms in total. The van der Waals surface area contributed by atoms with E-state index in [0.29, 0.717) is 37.7 Å². The number of alkyl halides is 6. The number of fused-ring (bicyclic) bond motifs is 1. The van der Waals surface area contributed by atoms with Crippen LogP contribution in [0, 0.1) is 0 Å². The zero-order valence-electron chi connectivity index (χ0n) is 17.5. The third-order valence-electron chi connectivity index (χ3n) is 5.36. The second-order valence-corrected chi connectivity index (χ2v) is 7.58. The number of aromatic nitrogens is 2. The predicted octanol–water partition coefficient (Wildman–Crippen LogP) is 3.67. The number of nitrogens with zero attached hydrogens (tertiary/aromatic N) is 3. The summed E-state index contributed by atoms with van der Waals surface area (Å²) in [6.07, 6.45) is -5.89. The summed E-state index contributed by atoms with van der Waals surface area (Å²) >= 11 is 0. The number of pyridine rings is 1. The van der Waals surface area contributed by atoms with Crippen LogP contribution in [0.4, 0.5) is 32.2 Å². The van der Waals surface area contributed by atoms with Crippen molar-refractivity contribution < 1.29 is 31.1 Å². The molecule has 2 heterocycles. The normalized spacial score (nSPS) is 20.7. The molecule has 13 heteroatoms. The van der Waals surface area contributed by atoms with E-state index in [4.69, 9.17) is 5.73 Å². The van der Waals surface area contributed by atoms with Gasteiger partial charge < -0.3 is 16.4 Å². The lowest BCUT2D eigenvalue weighted by molar-refractivity contribution is -0.140. The van der Waals surface area contributed by atoms with Gasteiger partial charge in [0.1, 0.15) is 11.5 Å². The summed E-state index contributed by atoms with van der Waals surface area (Å²) in [5.74, 6) is -0.528. The van der Waals surface area contributed by atoms with Crippen LogP contribution in [-0.2, 0) is 11.0 Å². The number of nitrogens with two attached hydrogens (primary N) is 1. The molecule has 0 aromatic carbocycles. The van der Waals surface area contributed by atoms with Crippen molar-refractivity contribution in [1.82, 2.24) is 14.7 Å². The molecule has 0 bridgehead atoms.